The van der Waals surface area contributed by atoms with Gasteiger partial charge in [0.15, 0.2) is 5.96 Å². The maximum absolute atomic E-state index is 5.88. The fourth-order valence-electron chi connectivity index (χ4n) is 1.95. The number of nitrogens with two attached hydrogens (primary N) is 1. The van der Waals surface area contributed by atoms with Gasteiger partial charge in [-0.2, -0.15) is 0 Å². The molecule has 5 nitrogen and oxygen atoms in total. The van der Waals surface area contributed by atoms with E-state index in [1.165, 1.54) is 0 Å². The van der Waals surface area contributed by atoms with Crippen LogP contribution in [-0.2, 0) is 4.74 Å². The maximum Gasteiger partial charge on any atom is 0.188 e. The minimum atomic E-state index is 0. The predicted molar refractivity (Wildman–Crippen MR) is 91.3 cm³/mol. The molecule has 1 atom stereocenters. The molecule has 0 spiro atoms. The molecule has 1 saturated heterocycles. The van der Waals surface area contributed by atoms with Crippen molar-refractivity contribution in [2.75, 3.05) is 32.8 Å². The molecule has 6 heteroatoms. The molecule has 1 fully saturated rings. The van der Waals surface area contributed by atoms with E-state index < -0.39 is 0 Å². The lowest BCUT2D eigenvalue weighted by Gasteiger charge is -2.39. The van der Waals surface area contributed by atoms with Crippen molar-refractivity contribution < 1.29 is 4.74 Å². The average molecular weight is 384 g/mol. The molecule has 1 unspecified atom stereocenters. The second-order valence-corrected chi connectivity index (χ2v) is 5.57. The lowest BCUT2D eigenvalue weighted by molar-refractivity contribution is -0.00682. The number of aliphatic imine (C=N–C) groups is 1. The second-order valence-electron chi connectivity index (χ2n) is 5.57. The van der Waals surface area contributed by atoms with Gasteiger partial charge in [0, 0.05) is 24.7 Å². The third kappa shape index (κ3) is 6.76. The molecule has 19 heavy (non-hydrogen) atoms. The summed E-state index contributed by atoms with van der Waals surface area (Å²) in [6.07, 6.45) is 1.04. The smallest absolute Gasteiger partial charge is 0.188 e. The first-order valence-electron chi connectivity index (χ1n) is 6.85. The second kappa shape index (κ2) is 8.97. The Kier molecular flexibility index (Phi) is 8.93. The molecule has 0 aromatic carbocycles. The van der Waals surface area contributed by atoms with E-state index in [4.69, 9.17) is 10.5 Å². The van der Waals surface area contributed by atoms with E-state index >= 15 is 0 Å². The van der Waals surface area contributed by atoms with Gasteiger partial charge in [-0.05, 0) is 27.2 Å². The summed E-state index contributed by atoms with van der Waals surface area (Å²) in [5, 5.41) is 3.19. The Balaban J connectivity index is 0.00000324. The number of ether oxygens (including phenoxy) is 1. The molecule has 0 aliphatic carbocycles. The average Bonchev–Trinajstić information content (AvgIpc) is 2.37. The van der Waals surface area contributed by atoms with Gasteiger partial charge < -0.3 is 15.8 Å². The molecule has 0 radical (unpaired) electrons. The fourth-order valence-corrected chi connectivity index (χ4v) is 1.95. The Morgan fingerprint density at radius 3 is 2.53 bits per heavy atom. The quantitative estimate of drug-likeness (QED) is 0.428. The number of nitrogens with one attached hydrogen (secondary N) is 1. The predicted octanol–water partition coefficient (Wildman–Crippen LogP) is 1.42. The summed E-state index contributed by atoms with van der Waals surface area (Å²) in [5.41, 5.74) is 5.92. The molecule has 0 bridgehead atoms. The summed E-state index contributed by atoms with van der Waals surface area (Å²) >= 11 is 0. The van der Waals surface area contributed by atoms with Crippen LogP contribution in [0.4, 0.5) is 0 Å². The highest BCUT2D eigenvalue weighted by atomic mass is 127. The van der Waals surface area contributed by atoms with E-state index in [9.17, 15) is 0 Å². The van der Waals surface area contributed by atoms with Crippen molar-refractivity contribution in [2.45, 2.75) is 45.7 Å². The minimum Gasteiger partial charge on any atom is -0.379 e. The highest BCUT2D eigenvalue weighted by Crippen LogP contribution is 2.16. The van der Waals surface area contributed by atoms with Crippen LogP contribution in [0.5, 0.6) is 0 Å². The molecule has 0 aromatic rings. The zero-order chi connectivity index (χ0) is 13.6. The van der Waals surface area contributed by atoms with Crippen LogP contribution in [0.25, 0.3) is 0 Å². The Morgan fingerprint density at radius 2 is 2.00 bits per heavy atom. The van der Waals surface area contributed by atoms with E-state index in [2.05, 4.69) is 42.9 Å². The van der Waals surface area contributed by atoms with Crippen LogP contribution in [0.15, 0.2) is 4.99 Å². The number of morpholine rings is 1. The molecule has 0 amide bonds. The number of rotatable bonds is 5. The lowest BCUT2D eigenvalue weighted by atomic mass is 10.0. The lowest BCUT2D eigenvalue weighted by Crippen LogP contribution is -2.52. The first-order valence-corrected chi connectivity index (χ1v) is 6.85. The highest BCUT2D eigenvalue weighted by molar-refractivity contribution is 14.0. The van der Waals surface area contributed by atoms with Gasteiger partial charge in [-0.3, -0.25) is 9.89 Å². The van der Waals surface area contributed by atoms with Crippen LogP contribution in [0.1, 0.15) is 34.1 Å². The third-order valence-electron chi connectivity index (χ3n) is 3.51. The molecule has 1 heterocycles. The molecule has 114 valence electrons. The van der Waals surface area contributed by atoms with Crippen LogP contribution >= 0.6 is 24.0 Å². The van der Waals surface area contributed by atoms with Crippen LogP contribution < -0.4 is 11.1 Å². The van der Waals surface area contributed by atoms with Crippen molar-refractivity contribution in [1.29, 1.82) is 0 Å². The number of hydrogen-bond acceptors (Lipinski definition) is 3. The molecular formula is C13H29IN4O. The van der Waals surface area contributed by atoms with Crippen molar-refractivity contribution in [3.05, 3.63) is 0 Å². The molecule has 1 rings (SSSR count). The zero-order valence-electron chi connectivity index (χ0n) is 12.6. The van der Waals surface area contributed by atoms with E-state index in [-0.39, 0.29) is 29.5 Å². The Labute approximate surface area is 134 Å². The van der Waals surface area contributed by atoms with Gasteiger partial charge in [0.1, 0.15) is 0 Å². The minimum absolute atomic E-state index is 0. The van der Waals surface area contributed by atoms with Crippen molar-refractivity contribution in [2.24, 2.45) is 10.7 Å². The normalized spacial score (nSPS) is 19.7. The number of nitrogens with zero attached hydrogens (tertiary/aromatic N) is 2. The van der Waals surface area contributed by atoms with Crippen molar-refractivity contribution in [3.8, 4) is 0 Å². The molecule has 1 aliphatic heterocycles. The van der Waals surface area contributed by atoms with Gasteiger partial charge in [0.2, 0.25) is 0 Å². The maximum atomic E-state index is 5.88. The Bertz CT molecular complexity index is 278. The van der Waals surface area contributed by atoms with Gasteiger partial charge >= 0.3 is 0 Å². The molecule has 3 N–H and O–H groups in total. The summed E-state index contributed by atoms with van der Waals surface area (Å²) in [5.74, 6) is 0.547. The summed E-state index contributed by atoms with van der Waals surface area (Å²) in [6, 6.07) is 0.375. The van der Waals surface area contributed by atoms with Gasteiger partial charge in [0.05, 0.1) is 19.8 Å². The number of halogens is 1. The van der Waals surface area contributed by atoms with Gasteiger partial charge in [-0.15, -0.1) is 24.0 Å². The number of hydrogen-bond donors (Lipinski definition) is 2. The Morgan fingerprint density at radius 1 is 1.42 bits per heavy atom. The highest BCUT2D eigenvalue weighted by Gasteiger charge is 2.27. The van der Waals surface area contributed by atoms with E-state index in [0.717, 1.165) is 32.7 Å². The molecule has 0 aromatic heterocycles. The Hall–Kier alpha value is -0.0800. The van der Waals surface area contributed by atoms with Gasteiger partial charge in [-0.25, -0.2) is 0 Å². The van der Waals surface area contributed by atoms with Crippen LogP contribution in [-0.4, -0.2) is 55.3 Å². The van der Waals surface area contributed by atoms with Crippen molar-refractivity contribution in [3.63, 3.8) is 0 Å². The molecular weight excluding hydrogens is 355 g/mol. The fraction of sp³-hybridized carbons (Fsp3) is 0.923. The van der Waals surface area contributed by atoms with E-state index in [1.54, 1.807) is 0 Å². The summed E-state index contributed by atoms with van der Waals surface area (Å²) < 4.78 is 5.37. The van der Waals surface area contributed by atoms with Crippen LogP contribution in [0, 0.1) is 0 Å². The third-order valence-corrected chi connectivity index (χ3v) is 3.51. The molecule has 1 aliphatic rings. The zero-order valence-corrected chi connectivity index (χ0v) is 14.9. The largest absolute Gasteiger partial charge is 0.379 e. The molecule has 0 saturated carbocycles. The van der Waals surface area contributed by atoms with Crippen molar-refractivity contribution >= 4 is 29.9 Å². The summed E-state index contributed by atoms with van der Waals surface area (Å²) in [7, 11) is 0. The van der Waals surface area contributed by atoms with Crippen molar-refractivity contribution in [1.82, 2.24) is 10.2 Å². The number of guanidine groups is 1. The standard InChI is InChI=1S/C13H28N4O.HI/c1-5-11(2)16-12(14)15-10-13(3,4)17-6-8-18-9-7-17;/h11H,5-10H2,1-4H3,(H3,14,15,16);1H. The van der Waals surface area contributed by atoms with Gasteiger partial charge in [0.25, 0.3) is 0 Å². The van der Waals surface area contributed by atoms with Crippen LogP contribution in [0.2, 0.25) is 0 Å². The SMILES string of the molecule is CCC(C)NC(N)=NCC(C)(C)N1CCOCC1.I. The van der Waals surface area contributed by atoms with E-state index in [0.29, 0.717) is 18.5 Å². The first kappa shape index (κ1) is 18.9. The topological polar surface area (TPSA) is 62.9 Å². The van der Waals surface area contributed by atoms with Crippen LogP contribution in [0.3, 0.4) is 0 Å². The summed E-state index contributed by atoms with van der Waals surface area (Å²) in [6.45, 7) is 12.9. The monoisotopic (exact) mass is 384 g/mol. The van der Waals surface area contributed by atoms with Gasteiger partial charge in [-0.1, -0.05) is 6.92 Å². The van der Waals surface area contributed by atoms with E-state index in [1.807, 2.05) is 0 Å². The summed E-state index contributed by atoms with van der Waals surface area (Å²) in [4.78, 5) is 6.87. The first-order chi connectivity index (χ1) is 8.45.